The van der Waals surface area contributed by atoms with Crippen LogP contribution in [0.2, 0.25) is 0 Å². The lowest BCUT2D eigenvalue weighted by Crippen LogP contribution is -2.54. The molecule has 5 heteroatoms. The van der Waals surface area contributed by atoms with Gasteiger partial charge in [0.2, 0.25) is 11.8 Å². The number of hydrogen-bond donors (Lipinski definition) is 1. The number of thioether (sulfide) groups is 1. The molecule has 0 spiro atoms. The molecule has 4 nitrogen and oxygen atoms in total. The Morgan fingerprint density at radius 2 is 2.06 bits per heavy atom. The number of carbonyl (C=O) groups is 2. The van der Waals surface area contributed by atoms with E-state index in [4.69, 9.17) is 0 Å². The zero-order valence-electron chi connectivity index (χ0n) is 11.4. The smallest absolute Gasteiger partial charge is 0.247 e. The van der Waals surface area contributed by atoms with E-state index in [0.29, 0.717) is 13.0 Å². The average Bonchev–Trinajstić information content (AvgIpc) is 2.66. The van der Waals surface area contributed by atoms with E-state index in [2.05, 4.69) is 12.2 Å². The molecule has 102 valence electrons. The minimum atomic E-state index is -0.771. The van der Waals surface area contributed by atoms with Crippen molar-refractivity contribution in [2.24, 2.45) is 0 Å². The summed E-state index contributed by atoms with van der Waals surface area (Å²) in [6, 6.07) is 0. The van der Waals surface area contributed by atoms with Gasteiger partial charge in [-0.05, 0) is 39.4 Å². The summed E-state index contributed by atoms with van der Waals surface area (Å²) in [5.41, 5.74) is -0.771. The molecule has 1 atom stereocenters. The molecule has 0 aromatic carbocycles. The molecule has 2 saturated heterocycles. The summed E-state index contributed by atoms with van der Waals surface area (Å²) in [5.74, 6) is 1.20. The van der Waals surface area contributed by atoms with Gasteiger partial charge in [0, 0.05) is 24.3 Å². The molecule has 2 amide bonds. The molecule has 0 aromatic heterocycles. The highest BCUT2D eigenvalue weighted by Gasteiger charge is 2.40. The second kappa shape index (κ2) is 4.76. The van der Waals surface area contributed by atoms with E-state index < -0.39 is 5.54 Å². The standard InChI is InChI=1S/C13H22N2O2S/c1-12(2)11(17)15(7-5-10(16)14-12)9-13(3)6-4-8-18-13/h4-9H2,1-3H3,(H,14,16). The lowest BCUT2D eigenvalue weighted by Gasteiger charge is -2.34. The molecule has 2 aliphatic heterocycles. The second-order valence-electron chi connectivity index (χ2n) is 6.05. The van der Waals surface area contributed by atoms with E-state index >= 15 is 0 Å². The maximum absolute atomic E-state index is 12.4. The summed E-state index contributed by atoms with van der Waals surface area (Å²) < 4.78 is 0.166. The van der Waals surface area contributed by atoms with Crippen LogP contribution in [0.1, 0.15) is 40.0 Å². The van der Waals surface area contributed by atoms with Crippen molar-refractivity contribution in [3.05, 3.63) is 0 Å². The van der Waals surface area contributed by atoms with Gasteiger partial charge in [0.25, 0.3) is 0 Å². The third-order valence-corrected chi connectivity index (χ3v) is 5.23. The van der Waals surface area contributed by atoms with Gasteiger partial charge in [-0.2, -0.15) is 11.8 Å². The highest BCUT2D eigenvalue weighted by Crippen LogP contribution is 2.38. The molecule has 1 unspecified atom stereocenters. The molecule has 2 fully saturated rings. The Hall–Kier alpha value is -0.710. The lowest BCUT2D eigenvalue weighted by molar-refractivity contribution is -0.137. The minimum Gasteiger partial charge on any atom is -0.342 e. The molecule has 0 aliphatic carbocycles. The first-order valence-electron chi connectivity index (χ1n) is 6.57. The molecule has 2 heterocycles. The topological polar surface area (TPSA) is 49.4 Å². The van der Waals surface area contributed by atoms with Crippen LogP contribution in [0.3, 0.4) is 0 Å². The van der Waals surface area contributed by atoms with E-state index in [-0.39, 0.29) is 16.6 Å². The molecular weight excluding hydrogens is 248 g/mol. The SMILES string of the molecule is CC1(CN2CCC(=O)NC(C)(C)C2=O)CCCS1. The number of rotatable bonds is 2. The van der Waals surface area contributed by atoms with Crippen LogP contribution >= 0.6 is 11.8 Å². The summed E-state index contributed by atoms with van der Waals surface area (Å²) in [6.07, 6.45) is 2.79. The van der Waals surface area contributed by atoms with Crippen LogP contribution in [-0.2, 0) is 9.59 Å². The normalized spacial score (nSPS) is 32.3. The number of nitrogens with zero attached hydrogens (tertiary/aromatic N) is 1. The van der Waals surface area contributed by atoms with Gasteiger partial charge >= 0.3 is 0 Å². The molecule has 1 N–H and O–H groups in total. The summed E-state index contributed by atoms with van der Waals surface area (Å²) in [6.45, 7) is 7.11. The Kier molecular flexibility index (Phi) is 3.63. The Balaban J connectivity index is 2.11. The van der Waals surface area contributed by atoms with Crippen LogP contribution in [-0.4, -0.2) is 45.8 Å². The Morgan fingerprint density at radius 3 is 2.67 bits per heavy atom. The molecule has 0 saturated carbocycles. The van der Waals surface area contributed by atoms with E-state index in [1.165, 1.54) is 12.2 Å². The molecule has 2 rings (SSSR count). The minimum absolute atomic E-state index is 0.0277. The zero-order chi connectivity index (χ0) is 13.4. The Morgan fingerprint density at radius 1 is 1.33 bits per heavy atom. The lowest BCUT2D eigenvalue weighted by atomic mass is 10.0. The molecule has 2 aliphatic rings. The summed E-state index contributed by atoms with van der Waals surface area (Å²) >= 11 is 1.95. The molecule has 18 heavy (non-hydrogen) atoms. The molecule has 0 bridgehead atoms. The van der Waals surface area contributed by atoms with Gasteiger partial charge in [-0.1, -0.05) is 0 Å². The van der Waals surface area contributed by atoms with Crippen molar-refractivity contribution < 1.29 is 9.59 Å². The van der Waals surface area contributed by atoms with Crippen molar-refractivity contribution >= 4 is 23.6 Å². The van der Waals surface area contributed by atoms with Crippen molar-refractivity contribution in [2.75, 3.05) is 18.8 Å². The summed E-state index contributed by atoms with van der Waals surface area (Å²) in [7, 11) is 0. The molecular formula is C13H22N2O2S. The van der Waals surface area contributed by atoms with Crippen molar-refractivity contribution in [1.29, 1.82) is 0 Å². The molecule has 0 aromatic rings. The number of amides is 2. The van der Waals surface area contributed by atoms with Crippen LogP contribution in [0.5, 0.6) is 0 Å². The summed E-state index contributed by atoms with van der Waals surface area (Å²) in [4.78, 5) is 25.9. The fraction of sp³-hybridized carbons (Fsp3) is 0.846. The van der Waals surface area contributed by atoms with Gasteiger partial charge in [0.15, 0.2) is 0 Å². The highest BCUT2D eigenvalue weighted by atomic mass is 32.2. The Labute approximate surface area is 113 Å². The monoisotopic (exact) mass is 270 g/mol. The van der Waals surface area contributed by atoms with E-state index in [0.717, 1.165) is 13.0 Å². The predicted octanol–water partition coefficient (Wildman–Crippen LogP) is 1.40. The first-order valence-corrected chi connectivity index (χ1v) is 7.55. The third kappa shape index (κ3) is 2.82. The van der Waals surface area contributed by atoms with E-state index in [9.17, 15) is 9.59 Å². The van der Waals surface area contributed by atoms with Crippen LogP contribution in [0.15, 0.2) is 0 Å². The summed E-state index contributed by atoms with van der Waals surface area (Å²) in [5, 5.41) is 2.80. The van der Waals surface area contributed by atoms with Crippen molar-refractivity contribution in [3.63, 3.8) is 0 Å². The number of carbonyl (C=O) groups excluding carboxylic acids is 2. The number of nitrogens with one attached hydrogen (secondary N) is 1. The zero-order valence-corrected chi connectivity index (χ0v) is 12.2. The van der Waals surface area contributed by atoms with Gasteiger partial charge in [-0.3, -0.25) is 9.59 Å². The fourth-order valence-corrected chi connectivity index (χ4v) is 4.03. The maximum Gasteiger partial charge on any atom is 0.247 e. The van der Waals surface area contributed by atoms with Crippen molar-refractivity contribution in [2.45, 2.75) is 50.3 Å². The fourth-order valence-electron chi connectivity index (χ4n) is 2.71. The van der Waals surface area contributed by atoms with Crippen LogP contribution in [0.25, 0.3) is 0 Å². The second-order valence-corrected chi connectivity index (χ2v) is 7.73. The van der Waals surface area contributed by atoms with Gasteiger partial charge < -0.3 is 10.2 Å². The van der Waals surface area contributed by atoms with Crippen LogP contribution in [0.4, 0.5) is 0 Å². The van der Waals surface area contributed by atoms with E-state index in [1.54, 1.807) is 13.8 Å². The average molecular weight is 270 g/mol. The maximum atomic E-state index is 12.4. The molecule has 0 radical (unpaired) electrons. The first-order chi connectivity index (χ1) is 8.32. The van der Waals surface area contributed by atoms with E-state index in [1.807, 2.05) is 16.7 Å². The van der Waals surface area contributed by atoms with Crippen LogP contribution < -0.4 is 5.32 Å². The van der Waals surface area contributed by atoms with Gasteiger partial charge in [0.05, 0.1) is 0 Å². The van der Waals surface area contributed by atoms with Crippen molar-refractivity contribution in [3.8, 4) is 0 Å². The number of hydrogen-bond acceptors (Lipinski definition) is 3. The highest BCUT2D eigenvalue weighted by molar-refractivity contribution is 8.00. The van der Waals surface area contributed by atoms with Crippen molar-refractivity contribution in [1.82, 2.24) is 10.2 Å². The van der Waals surface area contributed by atoms with Crippen LogP contribution in [0, 0.1) is 0 Å². The van der Waals surface area contributed by atoms with Gasteiger partial charge in [0.1, 0.15) is 5.54 Å². The quantitative estimate of drug-likeness (QED) is 0.825. The first kappa shape index (κ1) is 13.7. The predicted molar refractivity (Wildman–Crippen MR) is 73.5 cm³/mol. The Bertz CT molecular complexity index is 362. The van der Waals surface area contributed by atoms with Gasteiger partial charge in [-0.25, -0.2) is 0 Å². The van der Waals surface area contributed by atoms with Gasteiger partial charge in [-0.15, -0.1) is 0 Å². The largest absolute Gasteiger partial charge is 0.342 e. The third-order valence-electron chi connectivity index (χ3n) is 3.71.